The van der Waals surface area contributed by atoms with Crippen molar-refractivity contribution < 1.29 is 22.7 Å². The van der Waals surface area contributed by atoms with Gasteiger partial charge in [-0.15, -0.1) is 0 Å². The van der Waals surface area contributed by atoms with Crippen LogP contribution in [0.15, 0.2) is 47.4 Å². The molecule has 0 unspecified atom stereocenters. The summed E-state index contributed by atoms with van der Waals surface area (Å²) in [6.07, 6.45) is 1.43. The van der Waals surface area contributed by atoms with Crippen molar-refractivity contribution in [1.82, 2.24) is 9.88 Å². The van der Waals surface area contributed by atoms with Crippen LogP contribution in [0.25, 0.3) is 10.2 Å². The number of aromatic nitrogens is 1. The molecule has 7 nitrogen and oxygen atoms in total. The SMILES string of the molecule is COc1ccc2sc(OC3CCN(C(=O)c4ccc(S(=O)(=O)C(C)C)cc4)CC3)nc2c1. The van der Waals surface area contributed by atoms with Crippen molar-refractivity contribution >= 4 is 37.3 Å². The Morgan fingerprint density at radius 2 is 1.81 bits per heavy atom. The zero-order valence-electron chi connectivity index (χ0n) is 18.3. The van der Waals surface area contributed by atoms with E-state index in [0.717, 1.165) is 16.0 Å². The number of nitrogens with zero attached hydrogens (tertiary/aromatic N) is 2. The lowest BCUT2D eigenvalue weighted by atomic mass is 10.1. The molecule has 0 spiro atoms. The van der Waals surface area contributed by atoms with E-state index in [9.17, 15) is 13.2 Å². The van der Waals surface area contributed by atoms with Crippen molar-refractivity contribution in [3.63, 3.8) is 0 Å². The van der Waals surface area contributed by atoms with Crippen LogP contribution in [0.1, 0.15) is 37.0 Å². The van der Waals surface area contributed by atoms with Crippen LogP contribution in [0.5, 0.6) is 10.9 Å². The topological polar surface area (TPSA) is 85.8 Å². The van der Waals surface area contributed by atoms with Crippen LogP contribution < -0.4 is 9.47 Å². The highest BCUT2D eigenvalue weighted by molar-refractivity contribution is 7.92. The molecule has 2 aromatic carbocycles. The Morgan fingerprint density at radius 1 is 1.12 bits per heavy atom. The number of likely N-dealkylation sites (tertiary alicyclic amines) is 1. The fraction of sp³-hybridized carbons (Fsp3) is 0.391. The number of sulfone groups is 1. The van der Waals surface area contributed by atoms with E-state index in [0.29, 0.717) is 36.7 Å². The van der Waals surface area contributed by atoms with Gasteiger partial charge in [-0.25, -0.2) is 13.4 Å². The number of amides is 1. The molecule has 1 aromatic heterocycles. The molecule has 4 rings (SSSR count). The molecule has 3 aromatic rings. The first kappa shape index (κ1) is 22.5. The van der Waals surface area contributed by atoms with Gasteiger partial charge in [0.05, 0.1) is 27.5 Å². The number of thiazole rings is 1. The van der Waals surface area contributed by atoms with Crippen LogP contribution in [0.3, 0.4) is 0 Å². The van der Waals surface area contributed by atoms with E-state index in [1.807, 2.05) is 18.2 Å². The fourth-order valence-electron chi connectivity index (χ4n) is 3.62. The number of piperidine rings is 1. The first-order chi connectivity index (χ1) is 15.3. The summed E-state index contributed by atoms with van der Waals surface area (Å²) < 4.78 is 36.9. The number of ether oxygens (including phenoxy) is 2. The highest BCUT2D eigenvalue weighted by Gasteiger charge is 2.26. The summed E-state index contributed by atoms with van der Waals surface area (Å²) in [5.74, 6) is 0.667. The van der Waals surface area contributed by atoms with Gasteiger partial charge in [0, 0.05) is 37.6 Å². The van der Waals surface area contributed by atoms with Crippen LogP contribution in [0.4, 0.5) is 0 Å². The van der Waals surface area contributed by atoms with Gasteiger partial charge in [-0.1, -0.05) is 11.3 Å². The zero-order chi connectivity index (χ0) is 22.9. The van der Waals surface area contributed by atoms with Gasteiger partial charge >= 0.3 is 0 Å². The summed E-state index contributed by atoms with van der Waals surface area (Å²) in [5, 5.41) is 0.125. The smallest absolute Gasteiger partial charge is 0.274 e. The van der Waals surface area contributed by atoms with Gasteiger partial charge in [-0.05, 0) is 50.2 Å². The second-order valence-corrected chi connectivity index (χ2v) is 11.5. The van der Waals surface area contributed by atoms with E-state index in [-0.39, 0.29) is 16.9 Å². The minimum absolute atomic E-state index is 0.0000635. The molecule has 1 saturated heterocycles. The van der Waals surface area contributed by atoms with Gasteiger partial charge in [0.2, 0.25) is 0 Å². The summed E-state index contributed by atoms with van der Waals surface area (Å²) in [5.41, 5.74) is 1.34. The number of carbonyl (C=O) groups is 1. The number of benzene rings is 2. The normalized spacial score (nSPS) is 15.3. The first-order valence-corrected chi connectivity index (χ1v) is 12.9. The summed E-state index contributed by atoms with van der Waals surface area (Å²) in [7, 11) is -1.72. The van der Waals surface area contributed by atoms with Crippen LogP contribution in [0.2, 0.25) is 0 Å². The molecule has 1 amide bonds. The van der Waals surface area contributed by atoms with Crippen molar-refractivity contribution in [3.8, 4) is 10.9 Å². The van der Waals surface area contributed by atoms with E-state index in [1.54, 1.807) is 38.0 Å². The average molecular weight is 475 g/mol. The van der Waals surface area contributed by atoms with Crippen LogP contribution in [0, 0.1) is 0 Å². The van der Waals surface area contributed by atoms with Crippen LogP contribution in [-0.2, 0) is 9.84 Å². The van der Waals surface area contributed by atoms with Gasteiger partial charge in [-0.3, -0.25) is 4.79 Å². The molecule has 9 heteroatoms. The van der Waals surface area contributed by atoms with Gasteiger partial charge in [-0.2, -0.15) is 0 Å². The highest BCUT2D eigenvalue weighted by Crippen LogP contribution is 2.32. The van der Waals surface area contributed by atoms with Crippen molar-refractivity contribution in [2.45, 2.75) is 42.9 Å². The Morgan fingerprint density at radius 3 is 2.44 bits per heavy atom. The van der Waals surface area contributed by atoms with Crippen molar-refractivity contribution in [1.29, 1.82) is 0 Å². The van der Waals surface area contributed by atoms with E-state index in [1.165, 1.54) is 23.5 Å². The molecule has 2 heterocycles. The van der Waals surface area contributed by atoms with Gasteiger partial charge in [0.25, 0.3) is 11.1 Å². The fourth-order valence-corrected chi connectivity index (χ4v) is 5.55. The Hall–Kier alpha value is -2.65. The Labute approximate surface area is 191 Å². The lowest BCUT2D eigenvalue weighted by Gasteiger charge is -2.31. The number of rotatable bonds is 6. The molecule has 0 atom stereocenters. The second kappa shape index (κ2) is 9.07. The minimum Gasteiger partial charge on any atom is -0.497 e. The maximum absolute atomic E-state index is 12.9. The standard InChI is InChI=1S/C23H26N2O5S2/c1-15(2)32(27,28)19-7-4-16(5-8-19)22(26)25-12-10-17(11-13-25)30-23-24-20-14-18(29-3)6-9-21(20)31-23/h4-9,14-15,17H,10-13H2,1-3H3. The van der Waals surface area contributed by atoms with Gasteiger partial charge in [0.15, 0.2) is 9.84 Å². The monoisotopic (exact) mass is 474 g/mol. The van der Waals surface area contributed by atoms with E-state index in [2.05, 4.69) is 4.98 Å². The maximum atomic E-state index is 12.9. The largest absolute Gasteiger partial charge is 0.497 e. The third-order valence-electron chi connectivity index (χ3n) is 5.62. The third-order valence-corrected chi connectivity index (χ3v) is 8.72. The molecular formula is C23H26N2O5S2. The van der Waals surface area contributed by atoms with E-state index in [4.69, 9.17) is 9.47 Å². The lowest BCUT2D eigenvalue weighted by molar-refractivity contribution is 0.0595. The highest BCUT2D eigenvalue weighted by atomic mass is 32.2. The Bertz CT molecular complexity index is 1210. The number of hydrogen-bond acceptors (Lipinski definition) is 7. The van der Waals surface area contributed by atoms with E-state index >= 15 is 0 Å². The molecule has 0 N–H and O–H groups in total. The lowest BCUT2D eigenvalue weighted by Crippen LogP contribution is -2.41. The Balaban J connectivity index is 1.35. The second-order valence-electron chi connectivity index (χ2n) is 8.04. The molecule has 1 aliphatic rings. The van der Waals surface area contributed by atoms with Crippen LogP contribution in [-0.4, -0.2) is 55.8 Å². The molecular weight excluding hydrogens is 448 g/mol. The molecule has 0 aliphatic carbocycles. The molecule has 1 aliphatic heterocycles. The number of carbonyl (C=O) groups excluding carboxylic acids is 1. The summed E-state index contributed by atoms with van der Waals surface area (Å²) >= 11 is 1.50. The summed E-state index contributed by atoms with van der Waals surface area (Å²) in [6.45, 7) is 4.44. The predicted molar refractivity (Wildman–Crippen MR) is 124 cm³/mol. The molecule has 0 radical (unpaired) electrons. The first-order valence-electron chi connectivity index (χ1n) is 10.5. The van der Waals surface area contributed by atoms with Gasteiger partial charge in [0.1, 0.15) is 11.9 Å². The molecule has 0 saturated carbocycles. The maximum Gasteiger partial charge on any atom is 0.274 e. The van der Waals surface area contributed by atoms with E-state index < -0.39 is 15.1 Å². The number of fused-ring (bicyclic) bond motifs is 1. The molecule has 1 fully saturated rings. The quantitative estimate of drug-likeness (QED) is 0.533. The summed E-state index contributed by atoms with van der Waals surface area (Å²) in [4.78, 5) is 19.4. The molecule has 32 heavy (non-hydrogen) atoms. The number of methoxy groups -OCH3 is 1. The third kappa shape index (κ3) is 4.59. The minimum atomic E-state index is -3.35. The van der Waals surface area contributed by atoms with Crippen LogP contribution >= 0.6 is 11.3 Å². The summed E-state index contributed by atoms with van der Waals surface area (Å²) in [6, 6.07) is 12.0. The van der Waals surface area contributed by atoms with Crippen molar-refractivity contribution in [2.75, 3.05) is 20.2 Å². The van der Waals surface area contributed by atoms with Crippen molar-refractivity contribution in [2.24, 2.45) is 0 Å². The average Bonchev–Trinajstić information content (AvgIpc) is 3.20. The molecule has 170 valence electrons. The van der Waals surface area contributed by atoms with Gasteiger partial charge < -0.3 is 14.4 Å². The Kier molecular flexibility index (Phi) is 6.39. The predicted octanol–water partition coefficient (Wildman–Crippen LogP) is 4.17. The molecule has 0 bridgehead atoms. The number of hydrogen-bond donors (Lipinski definition) is 0. The van der Waals surface area contributed by atoms with Crippen molar-refractivity contribution in [3.05, 3.63) is 48.0 Å². The zero-order valence-corrected chi connectivity index (χ0v) is 19.9.